The molecule has 0 spiro atoms. The monoisotopic (exact) mass is 906 g/mol. The molecule has 1 aliphatic carbocycles. The fourth-order valence-corrected chi connectivity index (χ4v) is 9.37. The number of hydrogen-bond acceptors (Lipinski definition) is 4. The van der Waals surface area contributed by atoms with E-state index in [0.29, 0.717) is 22.7 Å². The Bertz CT molecular complexity index is 2990. The van der Waals surface area contributed by atoms with E-state index in [1.807, 2.05) is 170 Å². The van der Waals surface area contributed by atoms with E-state index in [0.717, 1.165) is 58.4 Å². The van der Waals surface area contributed by atoms with Crippen molar-refractivity contribution in [3.8, 4) is 56.6 Å². The SMILES string of the molecule is CC1(C)C(F)(F)c2c(N(c3ccc(-c4ccccc4)cc3)c3ccc(-c4ccccc4)cc3)c(C#N)c(C#N)c(N(c3ccc(-c4ccccc4)cc3)c3ccc(-c4ccccc4)cc3)c2C1(F)F. The molecule has 8 heteroatoms. The quantitative estimate of drug-likeness (QED) is 0.128. The van der Waals surface area contributed by atoms with Gasteiger partial charge >= 0.3 is 0 Å². The molecule has 0 saturated carbocycles. The first kappa shape index (κ1) is 44.1. The Morgan fingerprint density at radius 3 is 0.725 bits per heavy atom. The molecule has 0 saturated heterocycles. The Morgan fingerprint density at radius 1 is 0.319 bits per heavy atom. The van der Waals surface area contributed by atoms with Crippen LogP contribution in [0.5, 0.6) is 0 Å². The van der Waals surface area contributed by atoms with Gasteiger partial charge in [0.1, 0.15) is 17.6 Å². The number of benzene rings is 9. The first-order chi connectivity index (χ1) is 33.4. The first-order valence-corrected chi connectivity index (χ1v) is 22.5. The molecule has 1 aliphatic rings. The lowest BCUT2D eigenvalue weighted by molar-refractivity contribution is -0.212. The van der Waals surface area contributed by atoms with E-state index >= 15 is 17.6 Å². The van der Waals surface area contributed by atoms with E-state index in [9.17, 15) is 10.5 Å². The van der Waals surface area contributed by atoms with Gasteiger partial charge in [0.2, 0.25) is 0 Å². The van der Waals surface area contributed by atoms with Gasteiger partial charge in [-0.2, -0.15) is 10.5 Å². The highest BCUT2D eigenvalue weighted by Crippen LogP contribution is 2.71. The highest BCUT2D eigenvalue weighted by atomic mass is 19.3. The number of nitrogens with zero attached hydrogens (tertiary/aromatic N) is 4. The number of anilines is 6. The molecule has 0 atom stereocenters. The third kappa shape index (κ3) is 7.48. The summed E-state index contributed by atoms with van der Waals surface area (Å²) in [5, 5.41) is 22.8. The summed E-state index contributed by atoms with van der Waals surface area (Å²) in [5.74, 6) is -8.52. The largest absolute Gasteiger partial charge is 0.309 e. The second-order valence-corrected chi connectivity index (χ2v) is 17.5. The highest BCUT2D eigenvalue weighted by Gasteiger charge is 2.73. The molecule has 0 unspecified atom stereocenters. The van der Waals surface area contributed by atoms with Crippen LogP contribution in [-0.4, -0.2) is 0 Å². The van der Waals surface area contributed by atoms with E-state index in [2.05, 4.69) is 12.1 Å². The molecule has 0 amide bonds. The van der Waals surface area contributed by atoms with Crippen molar-refractivity contribution in [2.45, 2.75) is 25.7 Å². The van der Waals surface area contributed by atoms with E-state index in [1.54, 1.807) is 48.5 Å². The fraction of sp³-hybridized carbons (Fsp3) is 0.0820. The highest BCUT2D eigenvalue weighted by molar-refractivity contribution is 5.95. The maximum Gasteiger partial charge on any atom is 0.286 e. The van der Waals surface area contributed by atoms with Crippen LogP contribution in [-0.2, 0) is 11.8 Å². The summed E-state index contributed by atoms with van der Waals surface area (Å²) in [6.45, 7) is 1.69. The van der Waals surface area contributed by atoms with Crippen LogP contribution in [0.25, 0.3) is 44.5 Å². The first-order valence-electron chi connectivity index (χ1n) is 22.5. The molecule has 334 valence electrons. The number of fused-ring (bicyclic) bond motifs is 1. The van der Waals surface area contributed by atoms with Crippen molar-refractivity contribution >= 4 is 34.1 Å². The van der Waals surface area contributed by atoms with Crippen LogP contribution in [0.1, 0.15) is 36.1 Å². The molecular formula is C61H42F4N4. The van der Waals surface area contributed by atoms with Crippen molar-refractivity contribution < 1.29 is 17.6 Å². The third-order valence-corrected chi connectivity index (χ3v) is 13.2. The minimum atomic E-state index is -4.26. The molecule has 0 N–H and O–H groups in total. The fourth-order valence-electron chi connectivity index (χ4n) is 9.37. The summed E-state index contributed by atoms with van der Waals surface area (Å²) in [7, 11) is 0. The molecule has 9 aromatic carbocycles. The van der Waals surface area contributed by atoms with E-state index in [-0.39, 0.29) is 0 Å². The Labute approximate surface area is 398 Å². The number of halogens is 4. The lowest BCUT2D eigenvalue weighted by Gasteiger charge is -2.34. The Balaban J connectivity index is 1.27. The van der Waals surface area contributed by atoms with Gasteiger partial charge < -0.3 is 9.80 Å². The van der Waals surface area contributed by atoms with Crippen LogP contribution in [0.4, 0.5) is 51.7 Å². The minimum Gasteiger partial charge on any atom is -0.309 e. The van der Waals surface area contributed by atoms with Gasteiger partial charge in [-0.15, -0.1) is 0 Å². The topological polar surface area (TPSA) is 54.1 Å². The Hall–Kier alpha value is -8.72. The van der Waals surface area contributed by atoms with Gasteiger partial charge in [0.25, 0.3) is 11.8 Å². The minimum absolute atomic E-state index is 0.311. The van der Waals surface area contributed by atoms with Crippen molar-refractivity contribution in [2.75, 3.05) is 9.80 Å². The van der Waals surface area contributed by atoms with E-state index < -0.39 is 50.9 Å². The number of nitriles is 2. The molecule has 0 bridgehead atoms. The second kappa shape index (κ2) is 17.5. The summed E-state index contributed by atoms with van der Waals surface area (Å²) in [6.07, 6.45) is 0. The van der Waals surface area contributed by atoms with Crippen LogP contribution in [0.15, 0.2) is 218 Å². The summed E-state index contributed by atoms with van der Waals surface area (Å²) in [5.41, 5.74) is 1.08. The van der Waals surface area contributed by atoms with Crippen molar-refractivity contribution in [3.05, 3.63) is 241 Å². The number of hydrogen-bond donors (Lipinski definition) is 0. The van der Waals surface area contributed by atoms with Gasteiger partial charge in [-0.05, 0) is 107 Å². The van der Waals surface area contributed by atoms with E-state index in [1.165, 1.54) is 9.80 Å². The van der Waals surface area contributed by atoms with Gasteiger partial charge in [0.15, 0.2) is 0 Å². The molecular weight excluding hydrogens is 865 g/mol. The van der Waals surface area contributed by atoms with Crippen molar-refractivity contribution in [3.63, 3.8) is 0 Å². The maximum absolute atomic E-state index is 18.0. The lowest BCUT2D eigenvalue weighted by Crippen LogP contribution is -2.39. The van der Waals surface area contributed by atoms with Crippen LogP contribution in [0.3, 0.4) is 0 Å². The van der Waals surface area contributed by atoms with Gasteiger partial charge in [-0.3, -0.25) is 0 Å². The third-order valence-electron chi connectivity index (χ3n) is 13.2. The Morgan fingerprint density at radius 2 is 0.522 bits per heavy atom. The molecule has 0 aromatic heterocycles. The van der Waals surface area contributed by atoms with Crippen molar-refractivity contribution in [1.29, 1.82) is 10.5 Å². The zero-order chi connectivity index (χ0) is 47.9. The van der Waals surface area contributed by atoms with Crippen molar-refractivity contribution in [1.82, 2.24) is 0 Å². The standard InChI is InChI=1S/C61H42F4N4/c1-59(2)60(62,63)55-56(61(59,64)65)58(69(51-35-27-47(28-36-51)43-19-11-5-12-20-43)52-37-29-48(30-38-52)44-21-13-6-14-22-44)54(40-67)53(39-66)57(55)68(49-31-23-45(24-32-49)41-15-7-3-8-16-41)50-33-25-46(26-34-50)42-17-9-4-10-18-42/h3-38H,1-2H3. The van der Waals surface area contributed by atoms with Gasteiger partial charge in [0.05, 0.1) is 33.6 Å². The normalized spacial score (nSPS) is 14.0. The number of alkyl halides is 4. The van der Waals surface area contributed by atoms with Gasteiger partial charge in [-0.1, -0.05) is 170 Å². The molecule has 10 rings (SSSR count). The maximum atomic E-state index is 18.0. The molecule has 0 radical (unpaired) electrons. The smallest absolute Gasteiger partial charge is 0.286 e. The zero-order valence-electron chi connectivity index (χ0n) is 37.6. The summed E-state index contributed by atoms with van der Waals surface area (Å²) in [4.78, 5) is 2.84. The summed E-state index contributed by atoms with van der Waals surface area (Å²) >= 11 is 0. The average molecular weight is 907 g/mol. The summed E-state index contributed by atoms with van der Waals surface area (Å²) in [6, 6.07) is 70.8. The van der Waals surface area contributed by atoms with Gasteiger partial charge in [0, 0.05) is 22.7 Å². The molecule has 9 aromatic rings. The van der Waals surface area contributed by atoms with E-state index in [4.69, 9.17) is 0 Å². The predicted octanol–water partition coefficient (Wildman–Crippen LogP) is 17.3. The van der Waals surface area contributed by atoms with Crippen LogP contribution >= 0.6 is 0 Å². The zero-order valence-corrected chi connectivity index (χ0v) is 37.6. The average Bonchev–Trinajstić information content (AvgIpc) is 3.51. The second-order valence-electron chi connectivity index (χ2n) is 17.5. The molecule has 0 aliphatic heterocycles. The predicted molar refractivity (Wildman–Crippen MR) is 269 cm³/mol. The van der Waals surface area contributed by atoms with Crippen molar-refractivity contribution in [2.24, 2.45) is 5.41 Å². The van der Waals surface area contributed by atoms with Crippen LogP contribution < -0.4 is 9.80 Å². The molecule has 69 heavy (non-hydrogen) atoms. The van der Waals surface area contributed by atoms with Gasteiger partial charge in [-0.25, -0.2) is 17.6 Å². The summed E-state index contributed by atoms with van der Waals surface area (Å²) < 4.78 is 72.0. The molecule has 0 fully saturated rings. The molecule has 0 heterocycles. The van der Waals surface area contributed by atoms with Crippen LogP contribution in [0.2, 0.25) is 0 Å². The molecule has 4 nitrogen and oxygen atoms in total. The number of rotatable bonds is 10. The van der Waals surface area contributed by atoms with Crippen LogP contribution in [0, 0.1) is 28.1 Å². The Kier molecular flexibility index (Phi) is 11.2. The lowest BCUT2D eigenvalue weighted by atomic mass is 9.83.